The third kappa shape index (κ3) is 3.60. The van der Waals surface area contributed by atoms with Gasteiger partial charge in [-0.3, -0.25) is 4.79 Å². The Bertz CT molecular complexity index is 1100. The van der Waals surface area contributed by atoms with E-state index in [1.807, 2.05) is 49.4 Å². The normalized spacial score (nSPS) is 12.4. The van der Waals surface area contributed by atoms with Crippen LogP contribution in [0.1, 0.15) is 35.6 Å². The molecule has 142 valence electrons. The number of carbonyl (C=O) groups excluding carboxylic acids is 1. The van der Waals surface area contributed by atoms with Crippen LogP contribution in [0.15, 0.2) is 66.0 Å². The minimum Gasteiger partial charge on any atom is -0.360 e. The van der Waals surface area contributed by atoms with Crippen molar-refractivity contribution >= 4 is 28.4 Å². The van der Waals surface area contributed by atoms with Gasteiger partial charge in [-0.25, -0.2) is 0 Å². The monoisotopic (exact) mass is 390 g/mol. The Balaban J connectivity index is 1.54. The van der Waals surface area contributed by atoms with Gasteiger partial charge in [0.25, 0.3) is 0 Å². The second kappa shape index (κ2) is 8.02. The van der Waals surface area contributed by atoms with Crippen molar-refractivity contribution in [1.82, 2.24) is 19.7 Å². The molecule has 0 aliphatic carbocycles. The van der Waals surface area contributed by atoms with E-state index in [-0.39, 0.29) is 11.0 Å². The molecule has 0 amide bonds. The van der Waals surface area contributed by atoms with Gasteiger partial charge in [0.15, 0.2) is 10.9 Å². The summed E-state index contributed by atoms with van der Waals surface area (Å²) < 4.78 is 2.09. The Kier molecular flexibility index (Phi) is 5.30. The Morgan fingerprint density at radius 2 is 1.86 bits per heavy atom. The van der Waals surface area contributed by atoms with Crippen molar-refractivity contribution in [1.29, 1.82) is 0 Å². The molecule has 1 unspecified atom stereocenters. The van der Waals surface area contributed by atoms with E-state index in [0.717, 1.165) is 40.4 Å². The zero-order valence-electron chi connectivity index (χ0n) is 15.9. The highest BCUT2D eigenvalue weighted by atomic mass is 32.2. The first kappa shape index (κ1) is 18.5. The predicted molar refractivity (Wildman–Crippen MR) is 113 cm³/mol. The molecule has 0 radical (unpaired) electrons. The largest absolute Gasteiger partial charge is 0.360 e. The van der Waals surface area contributed by atoms with Crippen molar-refractivity contribution in [3.63, 3.8) is 0 Å². The SMILES string of the molecule is CCn1c(Cc2ccccc2)nnc1SC(C)C(=O)c1c[nH]c2ccccc12. The average molecular weight is 391 g/mol. The molecule has 0 aliphatic rings. The molecule has 0 fully saturated rings. The van der Waals surface area contributed by atoms with Crippen LogP contribution < -0.4 is 0 Å². The smallest absolute Gasteiger partial charge is 0.191 e. The summed E-state index contributed by atoms with van der Waals surface area (Å²) in [5, 5.41) is 10.2. The fraction of sp³-hybridized carbons (Fsp3) is 0.227. The van der Waals surface area contributed by atoms with Gasteiger partial charge in [0.2, 0.25) is 0 Å². The minimum atomic E-state index is -0.252. The number of nitrogens with one attached hydrogen (secondary N) is 1. The number of thioether (sulfide) groups is 1. The lowest BCUT2D eigenvalue weighted by atomic mass is 10.1. The van der Waals surface area contributed by atoms with Crippen LogP contribution in [0.2, 0.25) is 0 Å². The molecule has 5 nitrogen and oxygen atoms in total. The van der Waals surface area contributed by atoms with Gasteiger partial charge in [0, 0.05) is 35.6 Å². The zero-order chi connectivity index (χ0) is 19.5. The van der Waals surface area contributed by atoms with E-state index in [4.69, 9.17) is 0 Å². The van der Waals surface area contributed by atoms with E-state index >= 15 is 0 Å². The Morgan fingerprint density at radius 3 is 2.64 bits per heavy atom. The molecule has 0 saturated carbocycles. The lowest BCUT2D eigenvalue weighted by molar-refractivity contribution is 0.0995. The maximum atomic E-state index is 13.0. The highest BCUT2D eigenvalue weighted by Crippen LogP contribution is 2.28. The first-order chi connectivity index (χ1) is 13.7. The number of carbonyl (C=O) groups is 1. The van der Waals surface area contributed by atoms with E-state index in [0.29, 0.717) is 0 Å². The summed E-state index contributed by atoms with van der Waals surface area (Å²) in [6.45, 7) is 4.78. The molecular weight excluding hydrogens is 368 g/mol. The summed E-state index contributed by atoms with van der Waals surface area (Å²) in [5.74, 6) is 1.01. The number of hydrogen-bond donors (Lipinski definition) is 1. The molecule has 0 spiro atoms. The van der Waals surface area contributed by atoms with Crippen molar-refractivity contribution in [3.8, 4) is 0 Å². The van der Waals surface area contributed by atoms with E-state index < -0.39 is 0 Å². The fourth-order valence-corrected chi connectivity index (χ4v) is 4.34. The number of para-hydroxylation sites is 1. The van der Waals surface area contributed by atoms with E-state index in [2.05, 4.69) is 38.8 Å². The van der Waals surface area contributed by atoms with Crippen LogP contribution in [0.5, 0.6) is 0 Å². The molecule has 0 saturated heterocycles. The van der Waals surface area contributed by atoms with Gasteiger partial charge in [0.05, 0.1) is 5.25 Å². The average Bonchev–Trinajstić information content (AvgIpc) is 3.32. The molecule has 0 aliphatic heterocycles. The number of hydrogen-bond acceptors (Lipinski definition) is 4. The van der Waals surface area contributed by atoms with Crippen LogP contribution in [0, 0.1) is 0 Å². The lowest BCUT2D eigenvalue weighted by Crippen LogP contribution is -2.14. The zero-order valence-corrected chi connectivity index (χ0v) is 16.7. The van der Waals surface area contributed by atoms with Gasteiger partial charge >= 0.3 is 0 Å². The molecule has 1 atom stereocenters. The summed E-state index contributed by atoms with van der Waals surface area (Å²) in [7, 11) is 0. The Morgan fingerprint density at radius 1 is 1.11 bits per heavy atom. The predicted octanol–water partition coefficient (Wildman–Crippen LogP) is 4.73. The summed E-state index contributed by atoms with van der Waals surface area (Å²) >= 11 is 1.47. The lowest BCUT2D eigenvalue weighted by Gasteiger charge is -2.11. The van der Waals surface area contributed by atoms with Crippen molar-refractivity contribution in [2.24, 2.45) is 0 Å². The van der Waals surface area contributed by atoms with Crippen LogP contribution in [-0.4, -0.2) is 30.8 Å². The van der Waals surface area contributed by atoms with Crippen molar-refractivity contribution in [3.05, 3.63) is 77.7 Å². The topological polar surface area (TPSA) is 63.6 Å². The molecule has 2 aromatic carbocycles. The number of ketones is 1. The van der Waals surface area contributed by atoms with Gasteiger partial charge in [0.1, 0.15) is 5.82 Å². The summed E-state index contributed by atoms with van der Waals surface area (Å²) in [6, 6.07) is 18.1. The minimum absolute atomic E-state index is 0.0951. The Labute approximate surface area is 168 Å². The van der Waals surface area contributed by atoms with Crippen LogP contribution in [-0.2, 0) is 13.0 Å². The third-order valence-corrected chi connectivity index (χ3v) is 5.90. The fourth-order valence-electron chi connectivity index (χ4n) is 3.34. The van der Waals surface area contributed by atoms with Crippen molar-refractivity contribution in [2.45, 2.75) is 37.2 Å². The molecule has 6 heteroatoms. The highest BCUT2D eigenvalue weighted by molar-refractivity contribution is 8.00. The number of aromatic nitrogens is 4. The maximum Gasteiger partial charge on any atom is 0.191 e. The van der Waals surface area contributed by atoms with Gasteiger partial charge in [-0.1, -0.05) is 60.3 Å². The van der Waals surface area contributed by atoms with E-state index in [1.165, 1.54) is 17.3 Å². The number of nitrogens with zero attached hydrogens (tertiary/aromatic N) is 3. The van der Waals surface area contributed by atoms with Gasteiger partial charge in [-0.2, -0.15) is 0 Å². The number of H-pyrrole nitrogens is 1. The molecule has 2 heterocycles. The molecule has 28 heavy (non-hydrogen) atoms. The summed E-state index contributed by atoms with van der Waals surface area (Å²) in [5.41, 5.74) is 2.90. The first-order valence-electron chi connectivity index (χ1n) is 9.40. The number of rotatable bonds is 7. The summed E-state index contributed by atoms with van der Waals surface area (Å²) in [6.07, 6.45) is 2.53. The number of Topliss-reactive ketones (excluding diaryl/α,β-unsaturated/α-hetero) is 1. The highest BCUT2D eigenvalue weighted by Gasteiger charge is 2.23. The van der Waals surface area contributed by atoms with E-state index in [1.54, 1.807) is 6.20 Å². The number of aromatic amines is 1. The molecule has 4 rings (SSSR count). The molecule has 0 bridgehead atoms. The molecule has 2 aromatic heterocycles. The third-order valence-electron chi connectivity index (χ3n) is 4.82. The van der Waals surface area contributed by atoms with Gasteiger partial charge in [-0.15, -0.1) is 10.2 Å². The Hall–Kier alpha value is -2.86. The number of fused-ring (bicyclic) bond motifs is 1. The quantitative estimate of drug-likeness (QED) is 0.366. The van der Waals surface area contributed by atoms with E-state index in [9.17, 15) is 4.79 Å². The van der Waals surface area contributed by atoms with Gasteiger partial charge in [-0.05, 0) is 25.5 Å². The van der Waals surface area contributed by atoms with Crippen LogP contribution in [0.4, 0.5) is 0 Å². The first-order valence-corrected chi connectivity index (χ1v) is 10.3. The van der Waals surface area contributed by atoms with Crippen molar-refractivity contribution < 1.29 is 4.79 Å². The second-order valence-electron chi connectivity index (χ2n) is 6.68. The maximum absolute atomic E-state index is 13.0. The van der Waals surface area contributed by atoms with Crippen LogP contribution in [0.25, 0.3) is 10.9 Å². The summed E-state index contributed by atoms with van der Waals surface area (Å²) in [4.78, 5) is 16.2. The standard InChI is InChI=1S/C22H22N4OS/c1-3-26-20(13-16-9-5-4-6-10-16)24-25-22(26)28-15(2)21(27)18-14-23-19-12-8-7-11-17(18)19/h4-12,14-15,23H,3,13H2,1-2H3. The van der Waals surface area contributed by atoms with Crippen LogP contribution >= 0.6 is 11.8 Å². The van der Waals surface area contributed by atoms with Crippen molar-refractivity contribution in [2.75, 3.05) is 0 Å². The molecule has 1 N–H and O–H groups in total. The second-order valence-corrected chi connectivity index (χ2v) is 7.99. The van der Waals surface area contributed by atoms with Crippen LogP contribution in [0.3, 0.4) is 0 Å². The molecule has 4 aromatic rings. The van der Waals surface area contributed by atoms with Gasteiger partial charge < -0.3 is 9.55 Å². The number of benzene rings is 2. The molecular formula is C22H22N4OS.